The number of carboxylic acid groups (broad SMARTS) is 1. The SMILES string of the molecule is O=C(O)c1ccc(CNc2nc(C3CC3)nc3[nH]ccc23)s1. The second kappa shape index (κ2) is 5.10. The van der Waals surface area contributed by atoms with Crippen LogP contribution in [0.25, 0.3) is 11.0 Å². The Morgan fingerprint density at radius 3 is 2.95 bits per heavy atom. The fraction of sp³-hybridized carbons (Fsp3) is 0.267. The third kappa shape index (κ3) is 2.43. The normalized spacial score (nSPS) is 14.4. The summed E-state index contributed by atoms with van der Waals surface area (Å²) in [6.45, 7) is 0.555. The highest BCUT2D eigenvalue weighted by atomic mass is 32.1. The second-order valence-electron chi connectivity index (χ2n) is 5.37. The van der Waals surface area contributed by atoms with Gasteiger partial charge in [0.15, 0.2) is 0 Å². The molecule has 0 amide bonds. The topological polar surface area (TPSA) is 90.9 Å². The number of anilines is 1. The van der Waals surface area contributed by atoms with E-state index in [9.17, 15) is 4.79 Å². The first-order chi connectivity index (χ1) is 10.7. The third-order valence-corrected chi connectivity index (χ3v) is 4.75. The first-order valence-electron chi connectivity index (χ1n) is 7.11. The zero-order valence-electron chi connectivity index (χ0n) is 11.7. The van der Waals surface area contributed by atoms with Gasteiger partial charge in [-0.3, -0.25) is 0 Å². The van der Waals surface area contributed by atoms with E-state index in [4.69, 9.17) is 5.11 Å². The van der Waals surface area contributed by atoms with E-state index in [1.165, 1.54) is 11.3 Å². The summed E-state index contributed by atoms with van der Waals surface area (Å²) >= 11 is 1.28. The molecule has 0 aliphatic heterocycles. The van der Waals surface area contributed by atoms with Gasteiger partial charge in [-0.1, -0.05) is 0 Å². The Morgan fingerprint density at radius 1 is 1.36 bits per heavy atom. The molecule has 3 aromatic heterocycles. The van der Waals surface area contributed by atoms with Crippen molar-refractivity contribution in [3.63, 3.8) is 0 Å². The molecule has 0 unspecified atom stereocenters. The molecule has 0 radical (unpaired) electrons. The van der Waals surface area contributed by atoms with Crippen molar-refractivity contribution in [2.45, 2.75) is 25.3 Å². The highest BCUT2D eigenvalue weighted by Crippen LogP contribution is 2.39. The predicted octanol–water partition coefficient (Wildman–Crippen LogP) is 3.21. The van der Waals surface area contributed by atoms with E-state index < -0.39 is 5.97 Å². The first-order valence-corrected chi connectivity index (χ1v) is 7.93. The van der Waals surface area contributed by atoms with Crippen molar-refractivity contribution in [3.05, 3.63) is 40.0 Å². The maximum Gasteiger partial charge on any atom is 0.345 e. The smallest absolute Gasteiger partial charge is 0.345 e. The van der Waals surface area contributed by atoms with E-state index in [0.29, 0.717) is 17.3 Å². The van der Waals surface area contributed by atoms with Crippen LogP contribution in [0.2, 0.25) is 0 Å². The minimum Gasteiger partial charge on any atom is -0.477 e. The van der Waals surface area contributed by atoms with Crippen LogP contribution in [0.5, 0.6) is 0 Å². The van der Waals surface area contributed by atoms with Crippen LogP contribution in [0.1, 0.15) is 39.1 Å². The van der Waals surface area contributed by atoms with E-state index >= 15 is 0 Å². The van der Waals surface area contributed by atoms with Crippen molar-refractivity contribution in [1.29, 1.82) is 0 Å². The lowest BCUT2D eigenvalue weighted by molar-refractivity contribution is 0.0702. The van der Waals surface area contributed by atoms with E-state index in [-0.39, 0.29) is 0 Å². The molecule has 1 fully saturated rings. The number of carboxylic acids is 1. The largest absolute Gasteiger partial charge is 0.477 e. The van der Waals surface area contributed by atoms with Gasteiger partial charge in [-0.05, 0) is 31.0 Å². The molecule has 6 nitrogen and oxygen atoms in total. The number of rotatable bonds is 5. The number of hydrogen-bond donors (Lipinski definition) is 3. The molecule has 1 saturated carbocycles. The van der Waals surface area contributed by atoms with Gasteiger partial charge in [0.2, 0.25) is 0 Å². The van der Waals surface area contributed by atoms with E-state index in [1.807, 2.05) is 18.3 Å². The number of hydrogen-bond acceptors (Lipinski definition) is 5. The van der Waals surface area contributed by atoms with Crippen molar-refractivity contribution in [1.82, 2.24) is 15.0 Å². The van der Waals surface area contributed by atoms with Gasteiger partial charge in [-0.2, -0.15) is 0 Å². The van der Waals surface area contributed by atoms with Crippen LogP contribution in [0.3, 0.4) is 0 Å². The number of aromatic amines is 1. The Bertz CT molecular complexity index is 850. The minimum absolute atomic E-state index is 0.352. The molecule has 7 heteroatoms. The Kier molecular flexibility index (Phi) is 3.07. The highest BCUT2D eigenvalue weighted by molar-refractivity contribution is 7.13. The zero-order valence-corrected chi connectivity index (χ0v) is 12.5. The zero-order chi connectivity index (χ0) is 15.1. The summed E-state index contributed by atoms with van der Waals surface area (Å²) in [6, 6.07) is 5.41. The molecule has 1 aliphatic rings. The second-order valence-corrected chi connectivity index (χ2v) is 6.54. The van der Waals surface area contributed by atoms with Crippen LogP contribution < -0.4 is 5.32 Å². The lowest BCUT2D eigenvalue weighted by Crippen LogP contribution is -2.04. The van der Waals surface area contributed by atoms with Crippen LogP contribution in [0.15, 0.2) is 24.4 Å². The summed E-state index contributed by atoms with van der Waals surface area (Å²) in [7, 11) is 0. The Hall–Kier alpha value is -2.41. The number of thiophene rings is 1. The van der Waals surface area contributed by atoms with Gasteiger partial charge in [-0.15, -0.1) is 11.3 Å². The predicted molar refractivity (Wildman–Crippen MR) is 84.5 cm³/mol. The maximum absolute atomic E-state index is 10.9. The van der Waals surface area contributed by atoms with Gasteiger partial charge in [0.05, 0.1) is 11.9 Å². The molecule has 4 rings (SSSR count). The molecule has 0 atom stereocenters. The summed E-state index contributed by atoms with van der Waals surface area (Å²) in [4.78, 5) is 24.6. The summed E-state index contributed by atoms with van der Waals surface area (Å²) in [5.41, 5.74) is 0.844. The van der Waals surface area contributed by atoms with Crippen LogP contribution in [0.4, 0.5) is 5.82 Å². The van der Waals surface area contributed by atoms with E-state index in [1.54, 1.807) is 6.07 Å². The number of nitrogens with one attached hydrogen (secondary N) is 2. The number of aromatic nitrogens is 3. The number of nitrogens with zero attached hydrogens (tertiary/aromatic N) is 2. The van der Waals surface area contributed by atoms with E-state index in [2.05, 4.69) is 20.3 Å². The number of H-pyrrole nitrogens is 1. The molecule has 3 aromatic rings. The van der Waals surface area contributed by atoms with Crippen molar-refractivity contribution < 1.29 is 9.90 Å². The van der Waals surface area contributed by atoms with Gasteiger partial charge in [-0.25, -0.2) is 14.8 Å². The molecule has 3 N–H and O–H groups in total. The van der Waals surface area contributed by atoms with Crippen molar-refractivity contribution in [2.75, 3.05) is 5.32 Å². The van der Waals surface area contributed by atoms with Gasteiger partial charge in [0.1, 0.15) is 22.2 Å². The summed E-state index contributed by atoms with van der Waals surface area (Å²) in [5, 5.41) is 13.2. The summed E-state index contributed by atoms with van der Waals surface area (Å²) < 4.78 is 0. The lowest BCUT2D eigenvalue weighted by Gasteiger charge is -2.07. The van der Waals surface area contributed by atoms with Crippen molar-refractivity contribution >= 4 is 34.2 Å². The fourth-order valence-electron chi connectivity index (χ4n) is 2.38. The van der Waals surface area contributed by atoms with Gasteiger partial charge in [0, 0.05) is 17.0 Å². The molecule has 1 aliphatic carbocycles. The number of fused-ring (bicyclic) bond motifs is 1. The van der Waals surface area contributed by atoms with E-state index in [0.717, 1.165) is 40.4 Å². The third-order valence-electron chi connectivity index (χ3n) is 3.68. The molecule has 0 aromatic carbocycles. The molecule has 112 valence electrons. The van der Waals surface area contributed by atoms with Crippen LogP contribution in [-0.4, -0.2) is 26.0 Å². The monoisotopic (exact) mass is 314 g/mol. The maximum atomic E-state index is 10.9. The summed E-state index contributed by atoms with van der Waals surface area (Å²) in [5.74, 6) is 1.28. The van der Waals surface area contributed by atoms with Crippen molar-refractivity contribution in [2.24, 2.45) is 0 Å². The first kappa shape index (κ1) is 13.3. The lowest BCUT2D eigenvalue weighted by atomic mass is 10.3. The number of carbonyl (C=O) groups is 1. The molecule has 22 heavy (non-hydrogen) atoms. The quantitative estimate of drug-likeness (QED) is 0.672. The molecular formula is C15H14N4O2S. The average Bonchev–Trinajstić information content (AvgIpc) is 3.06. The van der Waals surface area contributed by atoms with Gasteiger partial charge < -0.3 is 15.4 Å². The molecule has 0 spiro atoms. The van der Waals surface area contributed by atoms with Gasteiger partial charge >= 0.3 is 5.97 Å². The van der Waals surface area contributed by atoms with Crippen molar-refractivity contribution in [3.8, 4) is 0 Å². The van der Waals surface area contributed by atoms with Crippen LogP contribution in [-0.2, 0) is 6.54 Å². The molecule has 3 heterocycles. The van der Waals surface area contributed by atoms with Crippen LogP contribution in [0, 0.1) is 0 Å². The Labute approximate surface area is 130 Å². The fourth-order valence-corrected chi connectivity index (χ4v) is 3.16. The average molecular weight is 314 g/mol. The number of aromatic carboxylic acids is 1. The highest BCUT2D eigenvalue weighted by Gasteiger charge is 2.27. The standard InChI is InChI=1S/C15H14N4O2S/c20-15(21)11-4-3-9(22-11)7-17-14-10-5-6-16-13(10)18-12(19-14)8-1-2-8/h3-6,8H,1-2,7H2,(H,20,21)(H2,16,17,18,19). The molecular weight excluding hydrogens is 300 g/mol. The summed E-state index contributed by atoms with van der Waals surface area (Å²) in [6.07, 6.45) is 4.16. The minimum atomic E-state index is -0.887. The Balaban J connectivity index is 1.59. The van der Waals surface area contributed by atoms with Crippen LogP contribution >= 0.6 is 11.3 Å². The van der Waals surface area contributed by atoms with Gasteiger partial charge in [0.25, 0.3) is 0 Å². The molecule has 0 bridgehead atoms. The Morgan fingerprint density at radius 2 is 2.23 bits per heavy atom. The molecule has 0 saturated heterocycles.